The van der Waals surface area contributed by atoms with Crippen LogP contribution in [0.3, 0.4) is 0 Å². The Morgan fingerprint density at radius 3 is 2.62 bits per heavy atom. The largest absolute Gasteiger partial charge is 0.330 e. The van der Waals surface area contributed by atoms with E-state index >= 15 is 0 Å². The Balaban J connectivity index is 2.14. The third-order valence-electron chi connectivity index (χ3n) is 3.90. The van der Waals surface area contributed by atoms with Crippen molar-refractivity contribution < 1.29 is 4.79 Å². The van der Waals surface area contributed by atoms with Crippen LogP contribution in [0.15, 0.2) is 0 Å². The first-order chi connectivity index (χ1) is 7.79. The topological polar surface area (TPSA) is 43.1 Å². The van der Waals surface area contributed by atoms with Gasteiger partial charge in [0.2, 0.25) is 0 Å². The zero-order valence-electron chi connectivity index (χ0n) is 10.7. The SMILES string of the molecule is CCCCCCCC(=O)C1CCCC1CN. The standard InChI is InChI=1S/C14H27NO/c1-2-3-4-5-6-10-14(16)13-9-7-8-12(13)11-15/h12-13H,2-11,15H2,1H3. The van der Waals surface area contributed by atoms with Gasteiger partial charge in [-0.15, -0.1) is 0 Å². The van der Waals surface area contributed by atoms with Crippen molar-refractivity contribution in [3.63, 3.8) is 0 Å². The second kappa shape index (κ2) is 7.83. The van der Waals surface area contributed by atoms with Crippen LogP contribution in [0.4, 0.5) is 0 Å². The number of ketones is 1. The summed E-state index contributed by atoms with van der Waals surface area (Å²) in [6.07, 6.45) is 10.4. The van der Waals surface area contributed by atoms with Gasteiger partial charge in [0, 0.05) is 12.3 Å². The predicted octanol–water partition coefficient (Wildman–Crippen LogP) is 3.29. The first-order valence-corrected chi connectivity index (χ1v) is 7.02. The van der Waals surface area contributed by atoms with E-state index in [1.54, 1.807) is 0 Å². The first kappa shape index (κ1) is 13.7. The van der Waals surface area contributed by atoms with Gasteiger partial charge < -0.3 is 5.73 Å². The molecule has 0 aromatic rings. The highest BCUT2D eigenvalue weighted by atomic mass is 16.1. The van der Waals surface area contributed by atoms with Crippen molar-refractivity contribution in [3.05, 3.63) is 0 Å². The Morgan fingerprint density at radius 1 is 1.19 bits per heavy atom. The molecule has 0 spiro atoms. The van der Waals surface area contributed by atoms with E-state index in [1.165, 1.54) is 38.5 Å². The van der Waals surface area contributed by atoms with E-state index in [4.69, 9.17) is 5.73 Å². The summed E-state index contributed by atoms with van der Waals surface area (Å²) in [6.45, 7) is 2.92. The van der Waals surface area contributed by atoms with E-state index in [0.717, 1.165) is 19.3 Å². The van der Waals surface area contributed by atoms with Gasteiger partial charge in [-0.25, -0.2) is 0 Å². The fraction of sp³-hybridized carbons (Fsp3) is 0.929. The van der Waals surface area contributed by atoms with Crippen LogP contribution in [0.2, 0.25) is 0 Å². The van der Waals surface area contributed by atoms with E-state index in [1.807, 2.05) is 0 Å². The maximum atomic E-state index is 12.0. The molecule has 0 radical (unpaired) electrons. The van der Waals surface area contributed by atoms with Gasteiger partial charge in [-0.3, -0.25) is 4.79 Å². The molecule has 0 heterocycles. The highest BCUT2D eigenvalue weighted by molar-refractivity contribution is 5.81. The lowest BCUT2D eigenvalue weighted by Crippen LogP contribution is -2.25. The Kier molecular flexibility index (Phi) is 6.70. The van der Waals surface area contributed by atoms with Crippen LogP contribution in [-0.4, -0.2) is 12.3 Å². The van der Waals surface area contributed by atoms with Crippen LogP contribution in [0, 0.1) is 11.8 Å². The number of hydrogen-bond donors (Lipinski definition) is 1. The minimum atomic E-state index is 0.302. The molecule has 1 rings (SSSR count). The maximum Gasteiger partial charge on any atom is 0.136 e. The molecule has 1 saturated carbocycles. The molecular weight excluding hydrogens is 198 g/mol. The predicted molar refractivity (Wildman–Crippen MR) is 68.3 cm³/mol. The van der Waals surface area contributed by atoms with Gasteiger partial charge in [0.15, 0.2) is 0 Å². The second-order valence-corrected chi connectivity index (χ2v) is 5.16. The molecule has 2 N–H and O–H groups in total. The normalized spacial score (nSPS) is 24.9. The summed E-state index contributed by atoms with van der Waals surface area (Å²) in [5, 5.41) is 0. The Morgan fingerprint density at radius 2 is 1.94 bits per heavy atom. The number of nitrogens with two attached hydrogens (primary N) is 1. The van der Waals surface area contributed by atoms with E-state index < -0.39 is 0 Å². The van der Waals surface area contributed by atoms with E-state index in [9.17, 15) is 4.79 Å². The Labute approximate surface area is 100.0 Å². The second-order valence-electron chi connectivity index (χ2n) is 5.16. The van der Waals surface area contributed by atoms with Crippen molar-refractivity contribution in [2.75, 3.05) is 6.54 Å². The lowest BCUT2D eigenvalue weighted by atomic mass is 9.89. The lowest BCUT2D eigenvalue weighted by molar-refractivity contribution is -0.123. The summed E-state index contributed by atoms with van der Waals surface area (Å²) < 4.78 is 0. The van der Waals surface area contributed by atoms with Crippen LogP contribution in [0.1, 0.15) is 64.7 Å². The number of unbranched alkanes of at least 4 members (excludes halogenated alkanes) is 4. The third-order valence-corrected chi connectivity index (χ3v) is 3.90. The molecule has 0 saturated heterocycles. The molecule has 94 valence electrons. The summed E-state index contributed by atoms with van der Waals surface area (Å²) in [5.41, 5.74) is 5.70. The van der Waals surface area contributed by atoms with Crippen LogP contribution in [0.5, 0.6) is 0 Å². The molecule has 2 heteroatoms. The average Bonchev–Trinajstić information content (AvgIpc) is 2.76. The maximum absolute atomic E-state index is 12.0. The lowest BCUT2D eigenvalue weighted by Gasteiger charge is -2.16. The summed E-state index contributed by atoms with van der Waals surface area (Å²) in [5.74, 6) is 1.28. The van der Waals surface area contributed by atoms with Crippen LogP contribution in [-0.2, 0) is 4.79 Å². The quantitative estimate of drug-likeness (QED) is 0.644. The van der Waals surface area contributed by atoms with Crippen molar-refractivity contribution in [2.24, 2.45) is 17.6 Å². The van der Waals surface area contributed by atoms with Crippen molar-refractivity contribution in [1.82, 2.24) is 0 Å². The van der Waals surface area contributed by atoms with Crippen molar-refractivity contribution >= 4 is 5.78 Å². The summed E-state index contributed by atoms with van der Waals surface area (Å²) >= 11 is 0. The number of Topliss-reactive ketones (excluding diaryl/α,β-unsaturated/α-hetero) is 1. The highest BCUT2D eigenvalue weighted by Gasteiger charge is 2.30. The number of hydrogen-bond acceptors (Lipinski definition) is 2. The number of carbonyl (C=O) groups excluding carboxylic acids is 1. The Hall–Kier alpha value is -0.370. The van der Waals surface area contributed by atoms with Gasteiger partial charge in [0.1, 0.15) is 5.78 Å². The van der Waals surface area contributed by atoms with E-state index in [-0.39, 0.29) is 0 Å². The molecule has 16 heavy (non-hydrogen) atoms. The molecule has 0 amide bonds. The van der Waals surface area contributed by atoms with Crippen LogP contribution < -0.4 is 5.73 Å². The monoisotopic (exact) mass is 225 g/mol. The molecular formula is C14H27NO. The highest BCUT2D eigenvalue weighted by Crippen LogP contribution is 2.32. The number of carbonyl (C=O) groups is 1. The van der Waals surface area contributed by atoms with Gasteiger partial charge in [0.05, 0.1) is 0 Å². The first-order valence-electron chi connectivity index (χ1n) is 7.02. The van der Waals surface area contributed by atoms with Gasteiger partial charge in [-0.2, -0.15) is 0 Å². The minimum absolute atomic E-state index is 0.302. The smallest absolute Gasteiger partial charge is 0.136 e. The van der Waals surface area contributed by atoms with Crippen LogP contribution in [0.25, 0.3) is 0 Å². The van der Waals surface area contributed by atoms with Gasteiger partial charge in [0.25, 0.3) is 0 Å². The van der Waals surface area contributed by atoms with Crippen molar-refractivity contribution in [1.29, 1.82) is 0 Å². The van der Waals surface area contributed by atoms with E-state index in [2.05, 4.69) is 6.92 Å². The zero-order valence-corrected chi connectivity index (χ0v) is 10.7. The zero-order chi connectivity index (χ0) is 11.8. The summed E-state index contributed by atoms with van der Waals surface area (Å²) in [6, 6.07) is 0. The van der Waals surface area contributed by atoms with Crippen molar-refractivity contribution in [3.8, 4) is 0 Å². The van der Waals surface area contributed by atoms with Gasteiger partial charge in [-0.1, -0.05) is 39.0 Å². The molecule has 1 aliphatic carbocycles. The fourth-order valence-electron chi connectivity index (χ4n) is 2.83. The van der Waals surface area contributed by atoms with Crippen molar-refractivity contribution in [2.45, 2.75) is 64.7 Å². The Bertz CT molecular complexity index is 203. The average molecular weight is 225 g/mol. The summed E-state index contributed by atoms with van der Waals surface area (Å²) in [7, 11) is 0. The molecule has 0 aromatic carbocycles. The molecule has 1 aliphatic rings. The molecule has 2 unspecified atom stereocenters. The van der Waals surface area contributed by atoms with Gasteiger partial charge in [-0.05, 0) is 31.7 Å². The number of rotatable bonds is 8. The molecule has 1 fully saturated rings. The molecule has 2 atom stereocenters. The molecule has 2 nitrogen and oxygen atoms in total. The van der Waals surface area contributed by atoms with E-state index in [0.29, 0.717) is 24.2 Å². The van der Waals surface area contributed by atoms with Gasteiger partial charge >= 0.3 is 0 Å². The third kappa shape index (κ3) is 4.25. The van der Waals surface area contributed by atoms with Crippen LogP contribution >= 0.6 is 0 Å². The molecule has 0 bridgehead atoms. The summed E-state index contributed by atoms with van der Waals surface area (Å²) in [4.78, 5) is 12.0. The molecule has 0 aromatic heterocycles. The molecule has 0 aliphatic heterocycles. The minimum Gasteiger partial charge on any atom is -0.330 e. The fourth-order valence-corrected chi connectivity index (χ4v) is 2.83.